The van der Waals surface area contributed by atoms with Crippen molar-refractivity contribution >= 4 is 17.3 Å². The highest BCUT2D eigenvalue weighted by Gasteiger charge is 2.12. The number of anilines is 2. The van der Waals surface area contributed by atoms with Crippen LogP contribution < -0.4 is 11.1 Å². The van der Waals surface area contributed by atoms with Gasteiger partial charge in [0, 0.05) is 25.4 Å². The van der Waals surface area contributed by atoms with Crippen LogP contribution in [0.5, 0.6) is 0 Å². The minimum Gasteiger partial charge on any atom is -0.478 e. The van der Waals surface area contributed by atoms with Gasteiger partial charge in [-0.15, -0.1) is 0 Å². The number of aromatic nitrogens is 2. The van der Waals surface area contributed by atoms with Crippen LogP contribution in [0.25, 0.3) is 0 Å². The third kappa shape index (κ3) is 2.42. The molecule has 0 amide bonds. The Bertz CT molecular complexity index is 577. The van der Waals surface area contributed by atoms with Crippen LogP contribution in [-0.2, 0) is 13.6 Å². The van der Waals surface area contributed by atoms with Gasteiger partial charge in [-0.05, 0) is 12.1 Å². The molecule has 94 valence electrons. The summed E-state index contributed by atoms with van der Waals surface area (Å²) in [5, 5.41) is 16.2. The van der Waals surface area contributed by atoms with Crippen molar-refractivity contribution < 1.29 is 9.90 Å². The fourth-order valence-electron chi connectivity index (χ4n) is 1.70. The molecule has 0 atom stereocenters. The number of hydrogen-bond acceptors (Lipinski definition) is 4. The van der Waals surface area contributed by atoms with E-state index in [1.165, 1.54) is 6.07 Å². The third-order valence-corrected chi connectivity index (χ3v) is 2.55. The van der Waals surface area contributed by atoms with E-state index in [1.54, 1.807) is 23.0 Å². The molecule has 0 bridgehead atoms. The Kier molecular flexibility index (Phi) is 3.18. The van der Waals surface area contributed by atoms with Crippen molar-refractivity contribution in [2.75, 3.05) is 11.1 Å². The second kappa shape index (κ2) is 4.79. The van der Waals surface area contributed by atoms with Crippen molar-refractivity contribution in [3.63, 3.8) is 0 Å². The van der Waals surface area contributed by atoms with Crippen LogP contribution >= 0.6 is 0 Å². The molecule has 0 fully saturated rings. The Labute approximate surface area is 104 Å². The number of para-hydroxylation sites is 1. The third-order valence-electron chi connectivity index (χ3n) is 2.55. The Morgan fingerprint density at radius 1 is 1.56 bits per heavy atom. The summed E-state index contributed by atoms with van der Waals surface area (Å²) in [7, 11) is 1.82. The number of nitrogens with one attached hydrogen (secondary N) is 1. The van der Waals surface area contributed by atoms with Gasteiger partial charge < -0.3 is 16.2 Å². The number of carboxylic acids is 1. The van der Waals surface area contributed by atoms with Crippen LogP contribution in [0.1, 0.15) is 15.9 Å². The van der Waals surface area contributed by atoms with Crippen molar-refractivity contribution in [1.29, 1.82) is 0 Å². The maximum absolute atomic E-state index is 11.1. The second-order valence-corrected chi connectivity index (χ2v) is 3.95. The van der Waals surface area contributed by atoms with E-state index in [2.05, 4.69) is 10.4 Å². The first kappa shape index (κ1) is 12.0. The molecular formula is C12H14N4O2. The first-order chi connectivity index (χ1) is 8.58. The zero-order chi connectivity index (χ0) is 13.1. The predicted molar refractivity (Wildman–Crippen MR) is 68.3 cm³/mol. The molecule has 0 unspecified atom stereocenters. The Hall–Kier alpha value is -2.50. The van der Waals surface area contributed by atoms with E-state index in [9.17, 15) is 4.79 Å². The fraction of sp³-hybridized carbons (Fsp3) is 0.167. The van der Waals surface area contributed by atoms with E-state index < -0.39 is 5.97 Å². The number of nitrogens with two attached hydrogens (primary N) is 1. The lowest BCUT2D eigenvalue weighted by molar-refractivity contribution is 0.0698. The van der Waals surface area contributed by atoms with Gasteiger partial charge in [0.25, 0.3) is 0 Å². The van der Waals surface area contributed by atoms with Gasteiger partial charge in [0.1, 0.15) is 0 Å². The number of hydrogen-bond donors (Lipinski definition) is 3. The van der Waals surface area contributed by atoms with Gasteiger partial charge >= 0.3 is 5.97 Å². The van der Waals surface area contributed by atoms with E-state index in [0.717, 1.165) is 5.56 Å². The number of aromatic carboxylic acids is 1. The van der Waals surface area contributed by atoms with Crippen LogP contribution in [0.15, 0.2) is 30.6 Å². The molecule has 0 saturated heterocycles. The minimum atomic E-state index is -1.00. The smallest absolute Gasteiger partial charge is 0.337 e. The van der Waals surface area contributed by atoms with E-state index >= 15 is 0 Å². The van der Waals surface area contributed by atoms with E-state index in [0.29, 0.717) is 17.9 Å². The quantitative estimate of drug-likeness (QED) is 0.707. The number of nitrogens with zero attached hydrogens (tertiary/aromatic N) is 2. The molecule has 0 aliphatic heterocycles. The molecule has 4 N–H and O–H groups in total. The van der Waals surface area contributed by atoms with Crippen LogP contribution in [0.4, 0.5) is 11.4 Å². The SMILES string of the molecule is Cn1cc(CNc2c(N)cccc2C(=O)O)cn1. The van der Waals surface area contributed by atoms with Gasteiger partial charge in [-0.3, -0.25) is 4.68 Å². The number of carbonyl (C=O) groups is 1. The van der Waals surface area contributed by atoms with Gasteiger partial charge in [-0.25, -0.2) is 4.79 Å². The Morgan fingerprint density at radius 3 is 2.94 bits per heavy atom. The Morgan fingerprint density at radius 2 is 2.33 bits per heavy atom. The molecule has 2 rings (SSSR count). The van der Waals surface area contributed by atoms with Gasteiger partial charge in [-0.2, -0.15) is 5.10 Å². The van der Waals surface area contributed by atoms with Crippen molar-refractivity contribution in [2.45, 2.75) is 6.54 Å². The maximum atomic E-state index is 11.1. The molecule has 6 nitrogen and oxygen atoms in total. The topological polar surface area (TPSA) is 93.2 Å². The normalized spacial score (nSPS) is 10.3. The molecular weight excluding hydrogens is 232 g/mol. The molecule has 0 saturated carbocycles. The summed E-state index contributed by atoms with van der Waals surface area (Å²) in [4.78, 5) is 11.1. The van der Waals surface area contributed by atoms with Gasteiger partial charge in [0.15, 0.2) is 0 Å². The molecule has 1 aromatic carbocycles. The van der Waals surface area contributed by atoms with Crippen LogP contribution in [-0.4, -0.2) is 20.9 Å². The van der Waals surface area contributed by atoms with E-state index in [1.807, 2.05) is 13.2 Å². The highest BCUT2D eigenvalue weighted by atomic mass is 16.4. The summed E-state index contributed by atoms with van der Waals surface area (Å²) in [5.74, 6) is -1.00. The minimum absolute atomic E-state index is 0.166. The first-order valence-electron chi connectivity index (χ1n) is 5.41. The number of nitrogen functional groups attached to an aromatic ring is 1. The number of benzene rings is 1. The highest BCUT2D eigenvalue weighted by molar-refractivity contribution is 5.97. The van der Waals surface area contributed by atoms with Crippen molar-refractivity contribution in [1.82, 2.24) is 9.78 Å². The lowest BCUT2D eigenvalue weighted by atomic mass is 10.1. The van der Waals surface area contributed by atoms with Crippen LogP contribution in [0.3, 0.4) is 0 Å². The number of aryl methyl sites for hydroxylation is 1. The zero-order valence-electron chi connectivity index (χ0n) is 9.92. The van der Waals surface area contributed by atoms with Crippen molar-refractivity contribution in [3.05, 3.63) is 41.7 Å². The fourth-order valence-corrected chi connectivity index (χ4v) is 1.70. The van der Waals surface area contributed by atoms with Gasteiger partial charge in [0.05, 0.1) is 23.1 Å². The molecule has 18 heavy (non-hydrogen) atoms. The zero-order valence-corrected chi connectivity index (χ0v) is 9.92. The number of rotatable bonds is 4. The molecule has 2 aromatic rings. The molecule has 1 aromatic heterocycles. The summed E-state index contributed by atoms with van der Waals surface area (Å²) in [5.41, 5.74) is 7.76. The number of carboxylic acid groups (broad SMARTS) is 1. The summed E-state index contributed by atoms with van der Waals surface area (Å²) in [6.45, 7) is 0.475. The summed E-state index contributed by atoms with van der Waals surface area (Å²) in [6.07, 6.45) is 3.57. The molecule has 0 aliphatic rings. The maximum Gasteiger partial charge on any atom is 0.337 e. The summed E-state index contributed by atoms with van der Waals surface area (Å²) in [6, 6.07) is 4.80. The second-order valence-electron chi connectivity index (χ2n) is 3.95. The average molecular weight is 246 g/mol. The van der Waals surface area contributed by atoms with Gasteiger partial charge in [0.2, 0.25) is 0 Å². The molecule has 0 spiro atoms. The molecule has 0 aliphatic carbocycles. The molecule has 1 heterocycles. The van der Waals surface area contributed by atoms with E-state index in [-0.39, 0.29) is 5.56 Å². The summed E-state index contributed by atoms with van der Waals surface area (Å²) >= 11 is 0. The van der Waals surface area contributed by atoms with Crippen molar-refractivity contribution in [3.8, 4) is 0 Å². The van der Waals surface area contributed by atoms with E-state index in [4.69, 9.17) is 10.8 Å². The first-order valence-corrected chi connectivity index (χ1v) is 5.41. The molecule has 6 heteroatoms. The lowest BCUT2D eigenvalue weighted by Crippen LogP contribution is -2.08. The predicted octanol–water partition coefficient (Wildman–Crippen LogP) is 1.31. The standard InChI is InChI=1S/C12H14N4O2/c1-16-7-8(6-15-16)5-14-11-9(12(17)18)3-2-4-10(11)13/h2-4,6-7,14H,5,13H2,1H3,(H,17,18). The average Bonchev–Trinajstić information content (AvgIpc) is 2.73. The van der Waals surface area contributed by atoms with Crippen LogP contribution in [0.2, 0.25) is 0 Å². The van der Waals surface area contributed by atoms with Crippen LogP contribution in [0, 0.1) is 0 Å². The monoisotopic (exact) mass is 246 g/mol. The Balaban J connectivity index is 2.20. The highest BCUT2D eigenvalue weighted by Crippen LogP contribution is 2.24. The van der Waals surface area contributed by atoms with Gasteiger partial charge in [-0.1, -0.05) is 6.07 Å². The lowest BCUT2D eigenvalue weighted by Gasteiger charge is -2.11. The molecule has 0 radical (unpaired) electrons. The largest absolute Gasteiger partial charge is 0.478 e. The van der Waals surface area contributed by atoms with Crippen molar-refractivity contribution in [2.24, 2.45) is 7.05 Å². The summed E-state index contributed by atoms with van der Waals surface area (Å²) < 4.78 is 1.68.